The van der Waals surface area contributed by atoms with Gasteiger partial charge < -0.3 is 0 Å². The van der Waals surface area contributed by atoms with Crippen molar-refractivity contribution >= 4 is 19.3 Å². The molecule has 0 fully saturated rings. The van der Waals surface area contributed by atoms with Gasteiger partial charge in [-0.15, -0.1) is 5.10 Å². The van der Waals surface area contributed by atoms with Crippen molar-refractivity contribution in [3.05, 3.63) is 23.8 Å². The van der Waals surface area contributed by atoms with Gasteiger partial charge in [0.2, 0.25) is 0 Å². The summed E-state index contributed by atoms with van der Waals surface area (Å²) in [6, 6.07) is 7.60. The number of hydrogen-bond acceptors (Lipinski definition) is 3. The highest BCUT2D eigenvalue weighted by atomic mass is 28.3. The van der Waals surface area contributed by atoms with Crippen LogP contribution in [-0.4, -0.2) is 22.9 Å². The van der Waals surface area contributed by atoms with Crippen LogP contribution in [0.25, 0.3) is 11.0 Å². The summed E-state index contributed by atoms with van der Waals surface area (Å²) in [6.45, 7) is 6.58. The Kier molecular flexibility index (Phi) is 2.09. The van der Waals surface area contributed by atoms with E-state index in [1.807, 2.05) is 16.5 Å². The van der Waals surface area contributed by atoms with Gasteiger partial charge in [0.1, 0.15) is 5.52 Å². The van der Waals surface area contributed by atoms with Crippen LogP contribution in [0.15, 0.2) is 18.2 Å². The first-order chi connectivity index (χ1) is 7.02. The largest absolute Gasteiger partial charge is 0.275 e. The molecular weight excluding hydrogens is 204 g/mol. The molecule has 76 valence electrons. The molecule has 0 aliphatic rings. The summed E-state index contributed by atoms with van der Waals surface area (Å²) in [5.74, 6) is 0. The number of nitriles is 1. The molecule has 0 saturated carbocycles. The Morgan fingerprint density at radius 2 is 2.07 bits per heavy atom. The highest BCUT2D eigenvalue weighted by Crippen LogP contribution is 2.17. The molecule has 4 nitrogen and oxygen atoms in total. The Bertz CT molecular complexity index is 545. The number of nitrogens with zero attached hydrogens (tertiary/aromatic N) is 4. The minimum Gasteiger partial charge on any atom is -0.275 e. The van der Waals surface area contributed by atoms with Crippen molar-refractivity contribution in [2.24, 2.45) is 0 Å². The van der Waals surface area contributed by atoms with E-state index in [0.29, 0.717) is 5.56 Å². The third kappa shape index (κ3) is 1.64. The molecule has 0 bridgehead atoms. The molecule has 0 amide bonds. The van der Waals surface area contributed by atoms with Gasteiger partial charge in [0, 0.05) is 0 Å². The van der Waals surface area contributed by atoms with Gasteiger partial charge in [-0.2, -0.15) is 5.26 Å². The van der Waals surface area contributed by atoms with Gasteiger partial charge >= 0.3 is 0 Å². The Labute approximate surface area is 89.2 Å². The zero-order chi connectivity index (χ0) is 11.1. The molecule has 5 heteroatoms. The lowest BCUT2D eigenvalue weighted by atomic mass is 10.2. The predicted octanol–water partition coefficient (Wildman–Crippen LogP) is 1.99. The van der Waals surface area contributed by atoms with Crippen molar-refractivity contribution in [3.8, 4) is 6.07 Å². The average Bonchev–Trinajstić information content (AvgIpc) is 2.59. The standard InChI is InChI=1S/C10H12N4Si/c1-15(2,3)14-10-6-8(7-11)4-5-9(10)12-13-14/h4-6H,1-3H3. The van der Waals surface area contributed by atoms with E-state index in [1.165, 1.54) is 0 Å². The Morgan fingerprint density at radius 3 is 2.67 bits per heavy atom. The Balaban J connectivity index is 2.73. The summed E-state index contributed by atoms with van der Waals surface area (Å²) < 4.78 is 1.98. The highest BCUT2D eigenvalue weighted by molar-refractivity contribution is 6.74. The lowest BCUT2D eigenvalue weighted by molar-refractivity contribution is 0.862. The molecule has 0 N–H and O–H groups in total. The minimum absolute atomic E-state index is 0.657. The van der Waals surface area contributed by atoms with Gasteiger partial charge in [0.05, 0.1) is 17.1 Å². The van der Waals surface area contributed by atoms with E-state index in [1.54, 1.807) is 6.07 Å². The third-order valence-electron chi connectivity index (χ3n) is 2.21. The van der Waals surface area contributed by atoms with Crippen molar-refractivity contribution in [1.29, 1.82) is 5.26 Å². The number of hydrogen-bond donors (Lipinski definition) is 0. The summed E-state index contributed by atoms with van der Waals surface area (Å²) in [4.78, 5) is 0. The van der Waals surface area contributed by atoms with Crippen LogP contribution in [0.5, 0.6) is 0 Å². The maximum Gasteiger partial charge on any atom is 0.179 e. The maximum absolute atomic E-state index is 8.84. The number of fused-ring (bicyclic) bond motifs is 1. The van der Waals surface area contributed by atoms with E-state index in [4.69, 9.17) is 5.26 Å². The maximum atomic E-state index is 8.84. The van der Waals surface area contributed by atoms with Crippen molar-refractivity contribution in [3.63, 3.8) is 0 Å². The van der Waals surface area contributed by atoms with Gasteiger partial charge in [0.15, 0.2) is 8.24 Å². The monoisotopic (exact) mass is 216 g/mol. The molecule has 15 heavy (non-hydrogen) atoms. The first-order valence-corrected chi connectivity index (χ1v) is 8.23. The van der Waals surface area contributed by atoms with Gasteiger partial charge in [-0.25, -0.2) is 0 Å². The summed E-state index contributed by atoms with van der Waals surface area (Å²) in [7, 11) is -1.55. The molecule has 0 atom stereocenters. The van der Waals surface area contributed by atoms with Gasteiger partial charge in [-0.05, 0) is 37.8 Å². The molecule has 0 saturated heterocycles. The average molecular weight is 216 g/mol. The zero-order valence-electron chi connectivity index (χ0n) is 9.02. The molecule has 0 unspecified atom stereocenters. The van der Waals surface area contributed by atoms with Gasteiger partial charge in [-0.1, -0.05) is 5.21 Å². The van der Waals surface area contributed by atoms with Crippen LogP contribution >= 0.6 is 0 Å². The summed E-state index contributed by atoms with van der Waals surface area (Å²) in [5, 5.41) is 17.1. The predicted molar refractivity (Wildman–Crippen MR) is 61.0 cm³/mol. The molecule has 1 heterocycles. The molecule has 2 aromatic rings. The summed E-state index contributed by atoms with van der Waals surface area (Å²) >= 11 is 0. The fourth-order valence-corrected chi connectivity index (χ4v) is 2.70. The van der Waals surface area contributed by atoms with E-state index in [9.17, 15) is 0 Å². The fourth-order valence-electron chi connectivity index (χ4n) is 1.48. The van der Waals surface area contributed by atoms with Crippen LogP contribution in [-0.2, 0) is 0 Å². The SMILES string of the molecule is C[Si](C)(C)n1nnc2ccc(C#N)cc21. The number of rotatable bonds is 1. The Hall–Kier alpha value is -1.67. The van der Waals surface area contributed by atoms with Crippen LogP contribution < -0.4 is 0 Å². The lowest BCUT2D eigenvalue weighted by Gasteiger charge is -2.16. The van der Waals surface area contributed by atoms with Crippen LogP contribution in [0.2, 0.25) is 19.6 Å². The van der Waals surface area contributed by atoms with E-state index < -0.39 is 8.24 Å². The summed E-state index contributed by atoms with van der Waals surface area (Å²) in [5.41, 5.74) is 2.48. The zero-order valence-corrected chi connectivity index (χ0v) is 10.0. The van der Waals surface area contributed by atoms with Crippen LogP contribution in [0, 0.1) is 11.3 Å². The molecule has 0 aliphatic carbocycles. The smallest absolute Gasteiger partial charge is 0.179 e. The number of benzene rings is 1. The normalized spacial score (nSPS) is 11.6. The highest BCUT2D eigenvalue weighted by Gasteiger charge is 2.20. The van der Waals surface area contributed by atoms with Crippen molar-refractivity contribution in [2.45, 2.75) is 19.6 Å². The first-order valence-electron chi connectivity index (χ1n) is 4.78. The molecular formula is C10H12N4Si. The molecule has 1 aromatic carbocycles. The number of aromatic nitrogens is 3. The molecule has 0 aliphatic heterocycles. The third-order valence-corrected chi connectivity index (χ3v) is 3.81. The second-order valence-corrected chi connectivity index (χ2v) is 9.25. The van der Waals surface area contributed by atoms with Crippen LogP contribution in [0.1, 0.15) is 5.56 Å². The lowest BCUT2D eigenvalue weighted by Crippen LogP contribution is -2.33. The van der Waals surface area contributed by atoms with Crippen molar-refractivity contribution < 1.29 is 0 Å². The van der Waals surface area contributed by atoms with Gasteiger partial charge in [0.25, 0.3) is 0 Å². The van der Waals surface area contributed by atoms with Crippen LogP contribution in [0.4, 0.5) is 0 Å². The molecule has 1 aromatic heterocycles. The van der Waals surface area contributed by atoms with E-state index in [-0.39, 0.29) is 0 Å². The topological polar surface area (TPSA) is 54.5 Å². The first kappa shape index (κ1) is 9.87. The van der Waals surface area contributed by atoms with E-state index in [2.05, 4.69) is 36.0 Å². The molecule has 2 rings (SSSR count). The minimum atomic E-state index is -1.55. The molecule has 0 radical (unpaired) electrons. The fraction of sp³-hybridized carbons (Fsp3) is 0.300. The quantitative estimate of drug-likeness (QED) is 0.685. The second kappa shape index (κ2) is 3.17. The second-order valence-electron chi connectivity index (χ2n) is 4.49. The van der Waals surface area contributed by atoms with E-state index >= 15 is 0 Å². The Morgan fingerprint density at radius 1 is 1.33 bits per heavy atom. The van der Waals surface area contributed by atoms with Gasteiger partial charge in [-0.3, -0.25) is 4.35 Å². The molecule has 0 spiro atoms. The van der Waals surface area contributed by atoms with E-state index in [0.717, 1.165) is 11.0 Å². The van der Waals surface area contributed by atoms with Crippen LogP contribution in [0.3, 0.4) is 0 Å². The van der Waals surface area contributed by atoms with Crippen molar-refractivity contribution in [1.82, 2.24) is 14.7 Å². The van der Waals surface area contributed by atoms with Crippen molar-refractivity contribution in [2.75, 3.05) is 0 Å². The summed E-state index contributed by atoms with van der Waals surface area (Å²) in [6.07, 6.45) is 0.